The van der Waals surface area contributed by atoms with E-state index in [9.17, 15) is 14.4 Å². The number of aromatic carboxylic acids is 1. The van der Waals surface area contributed by atoms with Gasteiger partial charge in [0.25, 0.3) is 0 Å². The van der Waals surface area contributed by atoms with Gasteiger partial charge in [-0.3, -0.25) is 4.79 Å². The third-order valence-corrected chi connectivity index (χ3v) is 6.99. The van der Waals surface area contributed by atoms with Crippen molar-refractivity contribution in [2.24, 2.45) is 0 Å². The van der Waals surface area contributed by atoms with E-state index in [4.69, 9.17) is 14.6 Å². The lowest BCUT2D eigenvalue weighted by atomic mass is 9.92. The number of urea groups is 1. The first-order chi connectivity index (χ1) is 17.4. The largest absolute Gasteiger partial charge is 0.490 e. The molecule has 0 spiro atoms. The second-order valence-electron chi connectivity index (χ2n) is 9.71. The Balaban J connectivity index is 1.12. The summed E-state index contributed by atoms with van der Waals surface area (Å²) in [6.07, 6.45) is 7.01. The molecule has 4 rings (SSSR count). The Morgan fingerprint density at radius 2 is 1.06 bits per heavy atom. The highest BCUT2D eigenvalue weighted by molar-refractivity contribution is 5.94. The van der Waals surface area contributed by atoms with E-state index in [1.54, 1.807) is 43.3 Å². The van der Waals surface area contributed by atoms with Gasteiger partial charge in [0.15, 0.2) is 5.78 Å². The molecule has 2 aromatic rings. The quantitative estimate of drug-likeness (QED) is 0.447. The fraction of sp³-hybridized carbons (Fsp3) is 0.464. The molecule has 0 aromatic heterocycles. The van der Waals surface area contributed by atoms with Crippen LogP contribution in [0.5, 0.6) is 11.5 Å². The van der Waals surface area contributed by atoms with Crippen LogP contribution in [-0.2, 0) is 0 Å². The third kappa shape index (κ3) is 7.23. The molecule has 2 saturated carbocycles. The molecular weight excluding hydrogens is 460 g/mol. The van der Waals surface area contributed by atoms with E-state index in [2.05, 4.69) is 10.6 Å². The molecule has 2 aliphatic rings. The summed E-state index contributed by atoms with van der Waals surface area (Å²) in [5.41, 5.74) is 0.914. The summed E-state index contributed by atoms with van der Waals surface area (Å²) in [5, 5.41) is 15.2. The van der Waals surface area contributed by atoms with Gasteiger partial charge in [-0.2, -0.15) is 0 Å². The smallest absolute Gasteiger partial charge is 0.335 e. The minimum Gasteiger partial charge on any atom is -0.490 e. The highest BCUT2D eigenvalue weighted by atomic mass is 16.5. The van der Waals surface area contributed by atoms with Crippen LogP contribution >= 0.6 is 0 Å². The zero-order valence-corrected chi connectivity index (χ0v) is 20.6. The number of carboxylic acid groups (broad SMARTS) is 1. The molecular formula is C28H34N2O6. The van der Waals surface area contributed by atoms with E-state index in [1.165, 1.54) is 0 Å². The second-order valence-corrected chi connectivity index (χ2v) is 9.71. The number of nitrogens with one attached hydrogen (secondary N) is 2. The van der Waals surface area contributed by atoms with Crippen molar-refractivity contribution in [2.45, 2.75) is 82.6 Å². The first kappa shape index (κ1) is 25.5. The van der Waals surface area contributed by atoms with Gasteiger partial charge in [0, 0.05) is 17.6 Å². The minimum absolute atomic E-state index is 0.0394. The number of carbonyl (C=O) groups is 3. The normalized spacial score (nSPS) is 23.8. The summed E-state index contributed by atoms with van der Waals surface area (Å²) < 4.78 is 12.0. The number of benzene rings is 2. The van der Waals surface area contributed by atoms with E-state index in [0.29, 0.717) is 11.3 Å². The predicted molar refractivity (Wildman–Crippen MR) is 135 cm³/mol. The Kier molecular flexibility index (Phi) is 8.46. The molecule has 8 nitrogen and oxygen atoms in total. The average Bonchev–Trinajstić information content (AvgIpc) is 2.87. The number of rotatable bonds is 8. The summed E-state index contributed by atoms with van der Waals surface area (Å²) in [6, 6.07) is 13.8. The maximum Gasteiger partial charge on any atom is 0.335 e. The third-order valence-electron chi connectivity index (χ3n) is 6.99. The number of carboxylic acids is 1. The Hall–Kier alpha value is -3.55. The molecule has 36 heavy (non-hydrogen) atoms. The first-order valence-electron chi connectivity index (χ1n) is 12.7. The summed E-state index contributed by atoms with van der Waals surface area (Å²) in [7, 11) is 0. The molecule has 192 valence electrons. The number of hydrogen-bond acceptors (Lipinski definition) is 5. The minimum atomic E-state index is -0.954. The van der Waals surface area contributed by atoms with E-state index < -0.39 is 5.97 Å². The lowest BCUT2D eigenvalue weighted by Gasteiger charge is -2.32. The monoisotopic (exact) mass is 494 g/mol. The highest BCUT2D eigenvalue weighted by Crippen LogP contribution is 2.26. The van der Waals surface area contributed by atoms with E-state index >= 15 is 0 Å². The fourth-order valence-corrected chi connectivity index (χ4v) is 4.89. The Morgan fingerprint density at radius 3 is 1.42 bits per heavy atom. The molecule has 0 aliphatic heterocycles. The molecule has 2 amide bonds. The van der Waals surface area contributed by atoms with Crippen molar-refractivity contribution >= 4 is 17.8 Å². The number of amides is 2. The van der Waals surface area contributed by atoms with Crippen LogP contribution in [0.15, 0.2) is 48.5 Å². The lowest BCUT2D eigenvalue weighted by Crippen LogP contribution is -2.49. The molecule has 0 unspecified atom stereocenters. The molecule has 8 heteroatoms. The number of Topliss-reactive ketones (excluding diaryl/α,β-unsaturated/α-hetero) is 1. The van der Waals surface area contributed by atoms with Crippen molar-refractivity contribution in [3.8, 4) is 11.5 Å². The summed E-state index contributed by atoms with van der Waals surface area (Å²) in [4.78, 5) is 34.9. The van der Waals surface area contributed by atoms with E-state index in [-0.39, 0.29) is 41.7 Å². The van der Waals surface area contributed by atoms with Gasteiger partial charge in [-0.1, -0.05) is 0 Å². The number of carbonyl (C=O) groups excluding carboxylic acids is 2. The molecule has 3 N–H and O–H groups in total. The molecule has 0 heterocycles. The van der Waals surface area contributed by atoms with Crippen LogP contribution in [0.1, 0.15) is 79.0 Å². The molecule has 2 fully saturated rings. The number of ketones is 1. The molecule has 0 atom stereocenters. The van der Waals surface area contributed by atoms with Crippen molar-refractivity contribution in [2.75, 3.05) is 0 Å². The van der Waals surface area contributed by atoms with Crippen molar-refractivity contribution in [1.82, 2.24) is 10.6 Å². The van der Waals surface area contributed by atoms with Gasteiger partial charge in [-0.25, -0.2) is 9.59 Å². The Bertz CT molecular complexity index is 953. The van der Waals surface area contributed by atoms with E-state index in [1.807, 2.05) is 12.1 Å². The van der Waals surface area contributed by atoms with Crippen LogP contribution in [-0.4, -0.2) is 47.2 Å². The fourth-order valence-electron chi connectivity index (χ4n) is 4.89. The van der Waals surface area contributed by atoms with Gasteiger partial charge >= 0.3 is 12.0 Å². The van der Waals surface area contributed by atoms with Crippen molar-refractivity contribution in [1.29, 1.82) is 0 Å². The van der Waals surface area contributed by atoms with Crippen LogP contribution in [0, 0.1) is 0 Å². The summed E-state index contributed by atoms with van der Waals surface area (Å²) in [5.74, 6) is 0.524. The zero-order valence-electron chi connectivity index (χ0n) is 20.6. The maximum absolute atomic E-state index is 12.5. The van der Waals surface area contributed by atoms with Gasteiger partial charge in [-0.05, 0) is 107 Å². The Morgan fingerprint density at radius 1 is 0.667 bits per heavy atom. The van der Waals surface area contributed by atoms with Crippen LogP contribution in [0.4, 0.5) is 4.79 Å². The Labute approximate surface area is 211 Å². The molecule has 0 radical (unpaired) electrons. The first-order valence-corrected chi connectivity index (χ1v) is 12.7. The zero-order chi connectivity index (χ0) is 25.5. The van der Waals surface area contributed by atoms with Gasteiger partial charge in [-0.15, -0.1) is 0 Å². The van der Waals surface area contributed by atoms with Gasteiger partial charge in [0.05, 0.1) is 17.8 Å². The van der Waals surface area contributed by atoms with Crippen LogP contribution in [0.25, 0.3) is 0 Å². The van der Waals surface area contributed by atoms with Gasteiger partial charge in [0.1, 0.15) is 11.5 Å². The van der Waals surface area contributed by atoms with E-state index in [0.717, 1.165) is 57.1 Å². The molecule has 2 aromatic carbocycles. The van der Waals surface area contributed by atoms with Gasteiger partial charge < -0.3 is 25.2 Å². The standard InChI is InChI=1S/C28H34N2O6/c1-18(31)19-2-10-23(11-3-19)35-25-14-6-21(7-15-25)29-28(34)30-22-8-16-26(17-9-22)36-24-12-4-20(5-13-24)27(32)33/h2-5,10-13,21-22,25-26H,6-9,14-17H2,1H3,(H,32,33)(H2,29,30,34). The van der Waals surface area contributed by atoms with Gasteiger partial charge in [0.2, 0.25) is 0 Å². The van der Waals surface area contributed by atoms with Crippen LogP contribution < -0.4 is 20.1 Å². The van der Waals surface area contributed by atoms with Crippen LogP contribution in [0.2, 0.25) is 0 Å². The second kappa shape index (κ2) is 11.9. The molecule has 2 aliphatic carbocycles. The molecule has 0 saturated heterocycles. The molecule has 0 bridgehead atoms. The van der Waals surface area contributed by atoms with Crippen molar-refractivity contribution in [3.05, 3.63) is 59.7 Å². The number of hydrogen-bond donors (Lipinski definition) is 3. The van der Waals surface area contributed by atoms with Crippen LogP contribution in [0.3, 0.4) is 0 Å². The maximum atomic E-state index is 12.5. The van der Waals surface area contributed by atoms with Crippen molar-refractivity contribution < 1.29 is 29.0 Å². The highest BCUT2D eigenvalue weighted by Gasteiger charge is 2.27. The predicted octanol–water partition coefficient (Wildman–Crippen LogP) is 4.97. The lowest BCUT2D eigenvalue weighted by molar-refractivity contribution is 0.0696. The summed E-state index contributed by atoms with van der Waals surface area (Å²) >= 11 is 0. The topological polar surface area (TPSA) is 114 Å². The van der Waals surface area contributed by atoms with Crippen molar-refractivity contribution in [3.63, 3.8) is 0 Å². The average molecular weight is 495 g/mol. The number of ether oxygens (including phenoxy) is 2. The summed E-state index contributed by atoms with van der Waals surface area (Å²) in [6.45, 7) is 1.55. The SMILES string of the molecule is CC(=O)c1ccc(OC2CCC(NC(=O)NC3CCC(Oc4ccc(C(=O)O)cc4)CC3)CC2)cc1.